The Labute approximate surface area is 298 Å². The van der Waals surface area contributed by atoms with Crippen LogP contribution in [0, 0.1) is 17.3 Å². The first-order valence-electron chi connectivity index (χ1n) is 19.2. The minimum absolute atomic E-state index is 0.0149. The van der Waals surface area contributed by atoms with Gasteiger partial charge >= 0.3 is 6.03 Å². The number of nitrogens with zero attached hydrogens (tertiary/aromatic N) is 1. The molecule has 6 atom stereocenters. The van der Waals surface area contributed by atoms with Crippen molar-refractivity contribution in [3.05, 3.63) is 0 Å². The van der Waals surface area contributed by atoms with Crippen LogP contribution in [0.3, 0.4) is 0 Å². The SMILES string of the molecule is CC(C1(NC(=O)NC2CCCCCCCCC(C(=O)C(=O)NC3CC3)NC(=O)C3C4C(CN3C2=O)C4(C)C)CCCCC1)S(=O)(=O)C(C)(C)C. The molecule has 0 aromatic heterocycles. The Hall–Kier alpha value is -2.70. The second kappa shape index (κ2) is 14.7. The van der Waals surface area contributed by atoms with Crippen molar-refractivity contribution >= 4 is 39.4 Å². The minimum Gasteiger partial charge on any atom is -0.347 e. The van der Waals surface area contributed by atoms with Crippen LogP contribution in [0.1, 0.15) is 138 Å². The molecule has 2 aliphatic heterocycles. The molecule has 2 saturated heterocycles. The summed E-state index contributed by atoms with van der Waals surface area (Å²) >= 11 is 0. The summed E-state index contributed by atoms with van der Waals surface area (Å²) in [6.07, 6.45) is 10.9. The highest BCUT2D eigenvalue weighted by molar-refractivity contribution is 7.93. The van der Waals surface area contributed by atoms with Gasteiger partial charge < -0.3 is 26.2 Å². The zero-order valence-corrected chi connectivity index (χ0v) is 31.9. The van der Waals surface area contributed by atoms with Crippen LogP contribution >= 0.6 is 0 Å². The van der Waals surface area contributed by atoms with Crippen LogP contribution in [0.15, 0.2) is 0 Å². The summed E-state index contributed by atoms with van der Waals surface area (Å²) in [6.45, 7) is 11.3. The standard InChI is InChI=1S/C37H61N5O7S/c1-23(50(48,49)35(2,3)4)37(20-14-11-15-21-37)41-34(47)40-27-17-13-10-8-7-9-12-16-26(30(43)32(45)38-24-18-19-24)39-31(44)29-28-25(36(28,5)6)22-42(29)33(27)46/h23-29H,7-22H2,1-6H3,(H,38,45)(H,39,44)(H2,40,41,47). The van der Waals surface area contributed by atoms with E-state index in [0.717, 1.165) is 57.8 Å². The molecule has 4 N–H and O–H groups in total. The summed E-state index contributed by atoms with van der Waals surface area (Å²) in [7, 11) is -3.62. The first kappa shape index (κ1) is 38.5. The molecule has 0 aromatic carbocycles. The van der Waals surface area contributed by atoms with Gasteiger partial charge in [0.15, 0.2) is 9.84 Å². The molecule has 0 aromatic rings. The molecule has 5 rings (SSSR count). The van der Waals surface area contributed by atoms with Gasteiger partial charge in [0.1, 0.15) is 12.1 Å². The minimum atomic E-state index is -3.62. The zero-order chi connectivity index (χ0) is 36.6. The van der Waals surface area contributed by atoms with Crippen LogP contribution in [0.25, 0.3) is 0 Å². The molecule has 3 saturated carbocycles. The van der Waals surface area contributed by atoms with E-state index in [9.17, 15) is 32.4 Å². The van der Waals surface area contributed by atoms with Gasteiger partial charge in [-0.15, -0.1) is 0 Å². The number of carbonyl (C=O) groups excluding carboxylic acids is 5. The summed E-state index contributed by atoms with van der Waals surface area (Å²) in [5.74, 6) is -2.11. The van der Waals surface area contributed by atoms with Crippen LogP contribution in [-0.2, 0) is 29.0 Å². The summed E-state index contributed by atoms with van der Waals surface area (Å²) in [6, 6.07) is -3.27. The van der Waals surface area contributed by atoms with Crippen molar-refractivity contribution in [3.63, 3.8) is 0 Å². The number of nitrogens with one attached hydrogen (secondary N) is 4. The predicted octanol–water partition coefficient (Wildman–Crippen LogP) is 3.91. The van der Waals surface area contributed by atoms with Gasteiger partial charge in [0, 0.05) is 12.6 Å². The summed E-state index contributed by atoms with van der Waals surface area (Å²) < 4.78 is 26.3. The van der Waals surface area contributed by atoms with Gasteiger partial charge in [-0.3, -0.25) is 19.2 Å². The van der Waals surface area contributed by atoms with E-state index in [1.54, 1.807) is 32.6 Å². The Morgan fingerprint density at radius 3 is 2.04 bits per heavy atom. The lowest BCUT2D eigenvalue weighted by Crippen LogP contribution is -2.64. The molecular formula is C37H61N5O7S. The smallest absolute Gasteiger partial charge is 0.315 e. The Morgan fingerprint density at radius 1 is 0.860 bits per heavy atom. The lowest BCUT2D eigenvalue weighted by Gasteiger charge is -2.44. The molecule has 3 aliphatic carbocycles. The number of Topliss-reactive ketones (excluding diaryl/α,β-unsaturated/α-hetero) is 1. The van der Waals surface area contributed by atoms with Gasteiger partial charge in [-0.25, -0.2) is 13.2 Å². The molecule has 6 unspecified atom stereocenters. The maximum Gasteiger partial charge on any atom is 0.315 e. The molecular weight excluding hydrogens is 659 g/mol. The molecule has 50 heavy (non-hydrogen) atoms. The first-order valence-corrected chi connectivity index (χ1v) is 20.7. The van der Waals surface area contributed by atoms with E-state index in [-0.39, 0.29) is 29.2 Å². The summed E-state index contributed by atoms with van der Waals surface area (Å²) in [5, 5.41) is 10.9. The fraction of sp³-hybridized carbons (Fsp3) is 0.865. The number of fused-ring (bicyclic) bond motifs is 3. The van der Waals surface area contributed by atoms with E-state index in [1.165, 1.54) is 0 Å². The van der Waals surface area contributed by atoms with Gasteiger partial charge in [-0.05, 0) is 83.5 Å². The second-order valence-corrected chi connectivity index (χ2v) is 20.5. The van der Waals surface area contributed by atoms with Crippen molar-refractivity contribution < 1.29 is 32.4 Å². The van der Waals surface area contributed by atoms with Crippen LogP contribution in [0.4, 0.5) is 4.79 Å². The third kappa shape index (κ3) is 8.02. The van der Waals surface area contributed by atoms with Gasteiger partial charge in [0.25, 0.3) is 5.91 Å². The summed E-state index contributed by atoms with van der Waals surface area (Å²) in [4.78, 5) is 70.1. The van der Waals surface area contributed by atoms with Crippen LogP contribution in [0.2, 0.25) is 0 Å². The molecule has 0 spiro atoms. The maximum atomic E-state index is 14.4. The lowest BCUT2D eigenvalue weighted by atomic mass is 9.79. The number of rotatable bonds is 7. The number of hydrogen-bond donors (Lipinski definition) is 4. The fourth-order valence-electron chi connectivity index (χ4n) is 8.91. The normalized spacial score (nSPS) is 31.1. The average molecular weight is 720 g/mol. The Balaban J connectivity index is 1.37. The third-order valence-electron chi connectivity index (χ3n) is 12.6. The highest BCUT2D eigenvalue weighted by Crippen LogP contribution is 2.65. The zero-order valence-electron chi connectivity index (χ0n) is 31.1. The topological polar surface area (TPSA) is 171 Å². The average Bonchev–Trinajstić information content (AvgIpc) is 3.90. The Bertz CT molecular complexity index is 1430. The molecule has 5 fully saturated rings. The number of sulfone groups is 1. The number of hydrogen-bond acceptors (Lipinski definition) is 7. The van der Waals surface area contributed by atoms with E-state index in [2.05, 4.69) is 35.1 Å². The number of piperidine rings is 1. The van der Waals surface area contributed by atoms with Crippen molar-refractivity contribution in [1.82, 2.24) is 26.2 Å². The molecule has 5 amide bonds. The van der Waals surface area contributed by atoms with E-state index in [4.69, 9.17) is 0 Å². The second-order valence-electron chi connectivity index (χ2n) is 17.4. The van der Waals surface area contributed by atoms with Crippen molar-refractivity contribution in [2.45, 2.75) is 178 Å². The van der Waals surface area contributed by atoms with Gasteiger partial charge in [-0.2, -0.15) is 0 Å². The number of amides is 5. The van der Waals surface area contributed by atoms with E-state index < -0.39 is 67.1 Å². The Morgan fingerprint density at radius 2 is 1.44 bits per heavy atom. The van der Waals surface area contributed by atoms with E-state index in [1.807, 2.05) is 0 Å². The maximum absolute atomic E-state index is 14.4. The molecule has 282 valence electrons. The number of urea groups is 1. The van der Waals surface area contributed by atoms with Crippen molar-refractivity contribution in [1.29, 1.82) is 0 Å². The van der Waals surface area contributed by atoms with Gasteiger partial charge in [-0.1, -0.05) is 71.6 Å². The molecule has 13 heteroatoms. The van der Waals surface area contributed by atoms with Crippen molar-refractivity contribution in [2.24, 2.45) is 17.3 Å². The van der Waals surface area contributed by atoms with E-state index in [0.29, 0.717) is 45.1 Å². The quantitative estimate of drug-likeness (QED) is 0.289. The Kier molecular flexibility index (Phi) is 11.4. The van der Waals surface area contributed by atoms with Crippen LogP contribution < -0.4 is 21.3 Å². The predicted molar refractivity (Wildman–Crippen MR) is 191 cm³/mol. The van der Waals surface area contributed by atoms with E-state index >= 15 is 0 Å². The highest BCUT2D eigenvalue weighted by atomic mass is 32.2. The van der Waals surface area contributed by atoms with Gasteiger partial charge in [0.05, 0.1) is 21.6 Å². The van der Waals surface area contributed by atoms with Gasteiger partial charge in [0.2, 0.25) is 17.6 Å². The molecule has 0 radical (unpaired) electrons. The first-order chi connectivity index (χ1) is 23.4. The van der Waals surface area contributed by atoms with Crippen LogP contribution in [-0.4, -0.2) is 89.1 Å². The molecule has 0 bridgehead atoms. The highest BCUT2D eigenvalue weighted by Gasteiger charge is 2.69. The van der Waals surface area contributed by atoms with Crippen molar-refractivity contribution in [3.8, 4) is 0 Å². The number of ketones is 1. The molecule has 5 aliphatic rings. The monoisotopic (exact) mass is 719 g/mol. The largest absolute Gasteiger partial charge is 0.347 e. The van der Waals surface area contributed by atoms with Crippen molar-refractivity contribution in [2.75, 3.05) is 6.54 Å². The summed E-state index contributed by atoms with van der Waals surface area (Å²) in [5.41, 5.74) is -1.14. The number of carbonyl (C=O) groups is 5. The fourth-order valence-corrected chi connectivity index (χ4v) is 10.9. The van der Waals surface area contributed by atoms with Crippen LogP contribution in [0.5, 0.6) is 0 Å². The molecule has 12 nitrogen and oxygen atoms in total. The third-order valence-corrected chi connectivity index (χ3v) is 15.7. The lowest BCUT2D eigenvalue weighted by molar-refractivity contribution is -0.144. The molecule has 2 heterocycles.